The van der Waals surface area contributed by atoms with E-state index in [0.717, 1.165) is 31.4 Å². The van der Waals surface area contributed by atoms with E-state index < -0.39 is 17.6 Å². The lowest BCUT2D eigenvalue weighted by molar-refractivity contribution is -0.137. The van der Waals surface area contributed by atoms with Crippen LogP contribution in [0.2, 0.25) is 0 Å². The van der Waals surface area contributed by atoms with Gasteiger partial charge >= 0.3 is 6.18 Å². The normalized spacial score (nSPS) is 14.3. The quantitative estimate of drug-likeness (QED) is 0.678. The van der Waals surface area contributed by atoms with Crippen molar-refractivity contribution in [1.82, 2.24) is 9.97 Å². The van der Waals surface area contributed by atoms with Crippen LogP contribution in [0.3, 0.4) is 0 Å². The fraction of sp³-hybridized carbons (Fsp3) is 0.350. The first-order valence-corrected chi connectivity index (χ1v) is 9.14. The van der Waals surface area contributed by atoms with Crippen molar-refractivity contribution in [3.8, 4) is 0 Å². The van der Waals surface area contributed by atoms with E-state index in [4.69, 9.17) is 0 Å². The molecule has 0 radical (unpaired) electrons. The predicted molar refractivity (Wildman–Crippen MR) is 101 cm³/mol. The van der Waals surface area contributed by atoms with Crippen LogP contribution >= 0.6 is 0 Å². The maximum absolute atomic E-state index is 12.6. The number of nitrogens with zero attached hydrogens (tertiary/aromatic N) is 2. The first kappa shape index (κ1) is 19.9. The zero-order valence-electron chi connectivity index (χ0n) is 15.2. The molecule has 2 N–H and O–H groups in total. The molecule has 0 unspecified atom stereocenters. The van der Waals surface area contributed by atoms with Crippen LogP contribution in [0.15, 0.2) is 48.3 Å². The summed E-state index contributed by atoms with van der Waals surface area (Å²) in [6.45, 7) is 0.711. The van der Waals surface area contributed by atoms with E-state index in [1.54, 1.807) is 0 Å². The van der Waals surface area contributed by atoms with Crippen molar-refractivity contribution in [2.45, 2.75) is 38.3 Å². The Morgan fingerprint density at radius 3 is 2.57 bits per heavy atom. The molecule has 0 bridgehead atoms. The summed E-state index contributed by atoms with van der Waals surface area (Å²) in [6, 6.07) is 5.78. The monoisotopic (exact) mass is 390 g/mol. The number of carbonyl (C=O) groups is 1. The molecular weight excluding hydrogens is 369 g/mol. The lowest BCUT2D eigenvalue weighted by Crippen LogP contribution is -2.15. The van der Waals surface area contributed by atoms with Crippen molar-refractivity contribution < 1.29 is 18.0 Å². The number of anilines is 2. The highest BCUT2D eigenvalue weighted by Crippen LogP contribution is 2.29. The highest BCUT2D eigenvalue weighted by Gasteiger charge is 2.30. The number of halogens is 3. The minimum Gasteiger partial charge on any atom is -0.370 e. The second-order valence-corrected chi connectivity index (χ2v) is 6.60. The highest BCUT2D eigenvalue weighted by atomic mass is 19.4. The number of hydrogen-bond donors (Lipinski definition) is 2. The molecule has 2 aromatic rings. The molecule has 1 aromatic carbocycles. The molecule has 0 fully saturated rings. The molecule has 0 aliphatic heterocycles. The molecule has 8 heteroatoms. The van der Waals surface area contributed by atoms with E-state index in [1.165, 1.54) is 42.9 Å². The number of nitrogens with one attached hydrogen (secondary N) is 2. The zero-order valence-corrected chi connectivity index (χ0v) is 15.2. The lowest BCUT2D eigenvalue weighted by Gasteiger charge is -2.13. The van der Waals surface area contributed by atoms with E-state index in [0.29, 0.717) is 12.4 Å². The molecule has 148 valence electrons. The molecule has 1 aromatic heterocycles. The summed E-state index contributed by atoms with van der Waals surface area (Å²) in [5, 5.41) is 5.72. The molecule has 1 heterocycles. The first-order valence-electron chi connectivity index (χ1n) is 9.14. The van der Waals surface area contributed by atoms with Gasteiger partial charge in [0.25, 0.3) is 5.91 Å². The SMILES string of the molecule is O=C(Nc1ccc(C(F)(F)F)cc1)c1cc(NCCC2=CCCCC2)ncn1. The van der Waals surface area contributed by atoms with Gasteiger partial charge in [0, 0.05) is 18.3 Å². The summed E-state index contributed by atoms with van der Waals surface area (Å²) in [7, 11) is 0. The number of carbonyl (C=O) groups excluding carboxylic acids is 1. The number of allylic oxidation sites excluding steroid dienone is 1. The van der Waals surface area contributed by atoms with Crippen molar-refractivity contribution in [2.75, 3.05) is 17.2 Å². The molecule has 3 rings (SSSR count). The van der Waals surface area contributed by atoms with Gasteiger partial charge in [-0.3, -0.25) is 4.79 Å². The summed E-state index contributed by atoms with van der Waals surface area (Å²) < 4.78 is 37.8. The van der Waals surface area contributed by atoms with Crippen molar-refractivity contribution in [3.05, 3.63) is 59.6 Å². The van der Waals surface area contributed by atoms with Gasteiger partial charge in [-0.1, -0.05) is 11.6 Å². The topological polar surface area (TPSA) is 66.9 Å². The maximum Gasteiger partial charge on any atom is 0.416 e. The van der Waals surface area contributed by atoms with Crippen molar-refractivity contribution in [3.63, 3.8) is 0 Å². The minimum absolute atomic E-state index is 0.134. The van der Waals surface area contributed by atoms with Gasteiger partial charge in [-0.15, -0.1) is 0 Å². The van der Waals surface area contributed by atoms with Crippen molar-refractivity contribution in [1.29, 1.82) is 0 Å². The summed E-state index contributed by atoms with van der Waals surface area (Å²) in [5.74, 6) is 0.0178. The smallest absolute Gasteiger partial charge is 0.370 e. The van der Waals surface area contributed by atoms with Crippen LogP contribution < -0.4 is 10.6 Å². The second kappa shape index (κ2) is 8.86. The second-order valence-electron chi connectivity index (χ2n) is 6.60. The number of rotatable bonds is 6. The summed E-state index contributed by atoms with van der Waals surface area (Å²) in [6.07, 6.45) is 4.83. The third-order valence-electron chi connectivity index (χ3n) is 4.51. The Bertz CT molecular complexity index is 847. The van der Waals surface area contributed by atoms with E-state index >= 15 is 0 Å². The van der Waals surface area contributed by atoms with Gasteiger partial charge in [0.15, 0.2) is 0 Å². The maximum atomic E-state index is 12.6. The van der Waals surface area contributed by atoms with Crippen LogP contribution in [0.1, 0.15) is 48.2 Å². The predicted octanol–water partition coefficient (Wildman–Crippen LogP) is 5.05. The number of amides is 1. The molecule has 1 aliphatic carbocycles. The Hall–Kier alpha value is -2.90. The molecular formula is C20H21F3N4O. The number of hydrogen-bond acceptors (Lipinski definition) is 4. The van der Waals surface area contributed by atoms with Gasteiger partial charge in [0.1, 0.15) is 17.8 Å². The Morgan fingerprint density at radius 2 is 1.89 bits per heavy atom. The van der Waals surface area contributed by atoms with Crippen LogP contribution in [-0.4, -0.2) is 22.4 Å². The molecule has 1 amide bonds. The van der Waals surface area contributed by atoms with Crippen LogP contribution in [0, 0.1) is 0 Å². The van der Waals surface area contributed by atoms with Crippen LogP contribution in [0.4, 0.5) is 24.7 Å². The molecule has 0 spiro atoms. The highest BCUT2D eigenvalue weighted by molar-refractivity contribution is 6.03. The summed E-state index contributed by atoms with van der Waals surface area (Å²) in [4.78, 5) is 20.3. The van der Waals surface area contributed by atoms with Crippen molar-refractivity contribution in [2.24, 2.45) is 0 Å². The summed E-state index contributed by atoms with van der Waals surface area (Å²) >= 11 is 0. The Kier molecular flexibility index (Phi) is 6.28. The van der Waals surface area contributed by atoms with Gasteiger partial charge in [-0.2, -0.15) is 13.2 Å². The van der Waals surface area contributed by atoms with Gasteiger partial charge in [-0.05, 0) is 56.4 Å². The summed E-state index contributed by atoms with van der Waals surface area (Å²) in [5.41, 5.74) is 1.06. The molecule has 28 heavy (non-hydrogen) atoms. The van der Waals surface area contributed by atoms with Crippen molar-refractivity contribution >= 4 is 17.4 Å². The fourth-order valence-corrected chi connectivity index (χ4v) is 3.00. The standard InChI is InChI=1S/C20H21F3N4O/c21-20(22,23)15-6-8-16(9-7-15)27-19(28)17-12-18(26-13-25-17)24-11-10-14-4-2-1-3-5-14/h4,6-9,12-13H,1-3,5,10-11H2,(H,27,28)(H,24,25,26). The van der Waals surface area contributed by atoms with Gasteiger partial charge < -0.3 is 10.6 Å². The molecule has 1 aliphatic rings. The van der Waals surface area contributed by atoms with Gasteiger partial charge in [-0.25, -0.2) is 9.97 Å². The van der Waals surface area contributed by atoms with Crippen LogP contribution in [-0.2, 0) is 6.18 Å². The largest absolute Gasteiger partial charge is 0.416 e. The van der Waals surface area contributed by atoms with Gasteiger partial charge in [0.05, 0.1) is 5.56 Å². The van der Waals surface area contributed by atoms with Crippen LogP contribution in [0.25, 0.3) is 0 Å². The molecule has 0 saturated heterocycles. The third kappa shape index (κ3) is 5.55. The lowest BCUT2D eigenvalue weighted by atomic mass is 9.97. The average molecular weight is 390 g/mol. The van der Waals surface area contributed by atoms with E-state index in [9.17, 15) is 18.0 Å². The number of benzene rings is 1. The zero-order chi connectivity index (χ0) is 20.0. The molecule has 5 nitrogen and oxygen atoms in total. The number of alkyl halides is 3. The first-order chi connectivity index (χ1) is 13.4. The average Bonchev–Trinajstić information content (AvgIpc) is 2.69. The Morgan fingerprint density at radius 1 is 1.11 bits per heavy atom. The molecule has 0 atom stereocenters. The number of aromatic nitrogens is 2. The van der Waals surface area contributed by atoms with E-state index in [-0.39, 0.29) is 11.4 Å². The Balaban J connectivity index is 1.56. The fourth-order valence-electron chi connectivity index (χ4n) is 3.00. The van der Waals surface area contributed by atoms with E-state index in [2.05, 4.69) is 26.7 Å². The van der Waals surface area contributed by atoms with E-state index in [1.807, 2.05) is 0 Å². The minimum atomic E-state index is -4.41. The van der Waals surface area contributed by atoms with Crippen LogP contribution in [0.5, 0.6) is 0 Å². The Labute approximate surface area is 161 Å². The third-order valence-corrected chi connectivity index (χ3v) is 4.51. The van der Waals surface area contributed by atoms with Gasteiger partial charge in [0.2, 0.25) is 0 Å². The molecule has 0 saturated carbocycles.